The first-order valence-electron chi connectivity index (χ1n) is 10.5. The largest absolute Gasteiger partial charge is 0.493 e. The SMILES string of the molecule is COC1CN(c2ccc(NC(=O)c3ccc(OCC(C)C)cc3)cc2)CC1N(C)C.[HH].[HH]. The van der Waals surface area contributed by atoms with Crippen molar-refractivity contribution in [2.24, 2.45) is 5.92 Å². The zero-order valence-electron chi connectivity index (χ0n) is 18.6. The number of amides is 1. The Kier molecular flexibility index (Phi) is 7.34. The van der Waals surface area contributed by atoms with Crippen LogP contribution in [0.2, 0.25) is 0 Å². The van der Waals surface area contributed by atoms with Gasteiger partial charge in [0.25, 0.3) is 5.91 Å². The maximum atomic E-state index is 12.5. The van der Waals surface area contributed by atoms with Gasteiger partial charge in [-0.25, -0.2) is 0 Å². The van der Waals surface area contributed by atoms with E-state index in [0.717, 1.165) is 30.2 Å². The Hall–Kier alpha value is -2.57. The molecule has 6 heteroatoms. The lowest BCUT2D eigenvalue weighted by Crippen LogP contribution is -2.39. The van der Waals surface area contributed by atoms with Gasteiger partial charge in [-0.05, 0) is 68.5 Å². The topological polar surface area (TPSA) is 54.0 Å². The van der Waals surface area contributed by atoms with Gasteiger partial charge in [0.2, 0.25) is 0 Å². The second-order valence-electron chi connectivity index (χ2n) is 8.44. The summed E-state index contributed by atoms with van der Waals surface area (Å²) in [6.45, 7) is 6.65. The van der Waals surface area contributed by atoms with Gasteiger partial charge in [0.15, 0.2) is 0 Å². The van der Waals surface area contributed by atoms with E-state index in [9.17, 15) is 4.79 Å². The summed E-state index contributed by atoms with van der Waals surface area (Å²) in [4.78, 5) is 17.1. The molecule has 1 aliphatic heterocycles. The molecule has 2 unspecified atom stereocenters. The Morgan fingerprint density at radius 3 is 2.33 bits per heavy atom. The van der Waals surface area contributed by atoms with E-state index in [2.05, 4.69) is 43.1 Å². The van der Waals surface area contributed by atoms with Crippen LogP contribution in [-0.2, 0) is 4.74 Å². The summed E-state index contributed by atoms with van der Waals surface area (Å²) >= 11 is 0. The molecule has 1 fully saturated rings. The number of carbonyl (C=O) groups excluding carboxylic acids is 1. The molecule has 3 rings (SSSR count). The van der Waals surface area contributed by atoms with Gasteiger partial charge >= 0.3 is 0 Å². The maximum Gasteiger partial charge on any atom is 0.255 e. The third kappa shape index (κ3) is 5.52. The molecule has 1 aliphatic rings. The second kappa shape index (κ2) is 9.96. The summed E-state index contributed by atoms with van der Waals surface area (Å²) in [6, 6.07) is 15.6. The minimum Gasteiger partial charge on any atom is -0.493 e. The Balaban J connectivity index is 0.00000256. The van der Waals surface area contributed by atoms with Crippen LogP contribution in [0.1, 0.15) is 27.1 Å². The van der Waals surface area contributed by atoms with Crippen LogP contribution in [0, 0.1) is 5.92 Å². The van der Waals surface area contributed by atoms with E-state index in [1.54, 1.807) is 19.2 Å². The van der Waals surface area contributed by atoms with Crippen molar-refractivity contribution < 1.29 is 17.1 Å². The van der Waals surface area contributed by atoms with Crippen LogP contribution < -0.4 is 15.0 Å². The quantitative estimate of drug-likeness (QED) is 0.699. The average Bonchev–Trinajstić information content (AvgIpc) is 3.18. The number of ether oxygens (including phenoxy) is 2. The van der Waals surface area contributed by atoms with Crippen molar-refractivity contribution in [3.8, 4) is 5.75 Å². The van der Waals surface area contributed by atoms with Crippen LogP contribution in [0.5, 0.6) is 5.75 Å². The molecule has 166 valence electrons. The van der Waals surface area contributed by atoms with Crippen molar-refractivity contribution in [2.75, 3.05) is 51.1 Å². The monoisotopic (exact) mass is 415 g/mol. The molecule has 0 aliphatic carbocycles. The molecule has 0 aromatic heterocycles. The van der Waals surface area contributed by atoms with Crippen molar-refractivity contribution in [3.63, 3.8) is 0 Å². The van der Waals surface area contributed by atoms with Crippen LogP contribution in [0.15, 0.2) is 48.5 Å². The molecule has 1 saturated heterocycles. The summed E-state index contributed by atoms with van der Waals surface area (Å²) in [6.07, 6.45) is 0.187. The van der Waals surface area contributed by atoms with Gasteiger partial charge in [0.1, 0.15) is 5.75 Å². The van der Waals surface area contributed by atoms with E-state index in [1.807, 2.05) is 36.4 Å². The molecule has 2 aromatic carbocycles. The summed E-state index contributed by atoms with van der Waals surface area (Å²) in [5.74, 6) is 1.11. The second-order valence-corrected chi connectivity index (χ2v) is 8.44. The molecule has 30 heavy (non-hydrogen) atoms. The van der Waals surface area contributed by atoms with Crippen LogP contribution in [0.3, 0.4) is 0 Å². The van der Waals surface area contributed by atoms with Crippen molar-refractivity contribution in [1.82, 2.24) is 4.90 Å². The first kappa shape index (κ1) is 22.1. The molecule has 0 spiro atoms. The van der Waals surface area contributed by atoms with Gasteiger partial charge in [-0.3, -0.25) is 4.79 Å². The average molecular weight is 416 g/mol. The molecule has 1 amide bonds. The van der Waals surface area contributed by atoms with Crippen molar-refractivity contribution >= 4 is 17.3 Å². The van der Waals surface area contributed by atoms with Gasteiger partial charge in [-0.1, -0.05) is 13.8 Å². The van der Waals surface area contributed by atoms with Gasteiger partial charge in [-0.2, -0.15) is 0 Å². The van der Waals surface area contributed by atoms with Crippen LogP contribution in [0.4, 0.5) is 11.4 Å². The zero-order valence-corrected chi connectivity index (χ0v) is 18.6. The van der Waals surface area contributed by atoms with Gasteiger partial charge in [0.05, 0.1) is 18.8 Å². The number of anilines is 2. The Bertz CT molecular complexity index is 829. The normalized spacial score (nSPS) is 18.8. The molecule has 1 N–H and O–H groups in total. The summed E-state index contributed by atoms with van der Waals surface area (Å²) in [5.41, 5.74) is 2.51. The number of carbonyl (C=O) groups is 1. The third-order valence-electron chi connectivity index (χ3n) is 5.39. The fourth-order valence-electron chi connectivity index (χ4n) is 3.62. The van der Waals surface area contributed by atoms with Gasteiger partial charge < -0.3 is 24.6 Å². The summed E-state index contributed by atoms with van der Waals surface area (Å²) in [7, 11) is 5.94. The van der Waals surface area contributed by atoms with E-state index in [4.69, 9.17) is 9.47 Å². The zero-order chi connectivity index (χ0) is 21.7. The highest BCUT2D eigenvalue weighted by molar-refractivity contribution is 6.04. The standard InChI is InChI=1S/C24H33N3O3.2H2/c1-17(2)16-30-21-12-6-18(7-13-21)24(28)25-19-8-10-20(11-9-19)27-14-22(26(3)4)23(15-27)29-5;;/h6-13,17,22-23H,14-16H2,1-5H3,(H,25,28);2*1H. The van der Waals surface area contributed by atoms with Crippen LogP contribution >= 0.6 is 0 Å². The summed E-state index contributed by atoms with van der Waals surface area (Å²) < 4.78 is 11.3. The highest BCUT2D eigenvalue weighted by Crippen LogP contribution is 2.25. The number of hydrogen-bond acceptors (Lipinski definition) is 5. The predicted molar refractivity (Wildman–Crippen MR) is 126 cm³/mol. The maximum absolute atomic E-state index is 12.5. The van der Waals surface area contributed by atoms with Crippen LogP contribution in [-0.4, -0.2) is 63.9 Å². The molecular formula is C24H37N3O3. The van der Waals surface area contributed by atoms with Crippen LogP contribution in [0.25, 0.3) is 0 Å². The third-order valence-corrected chi connectivity index (χ3v) is 5.39. The van der Waals surface area contributed by atoms with E-state index in [0.29, 0.717) is 24.1 Å². The fourth-order valence-corrected chi connectivity index (χ4v) is 3.62. The first-order valence-corrected chi connectivity index (χ1v) is 10.5. The number of nitrogens with zero attached hydrogens (tertiary/aromatic N) is 2. The van der Waals surface area contributed by atoms with Gasteiger partial charge in [-0.15, -0.1) is 0 Å². The fraction of sp³-hybridized carbons (Fsp3) is 0.458. The lowest BCUT2D eigenvalue weighted by molar-refractivity contribution is 0.0639. The number of likely N-dealkylation sites (N-methyl/N-ethyl adjacent to an activating group) is 1. The molecule has 0 saturated carbocycles. The highest BCUT2D eigenvalue weighted by Gasteiger charge is 2.34. The van der Waals surface area contributed by atoms with E-state index in [1.165, 1.54) is 0 Å². The van der Waals surface area contributed by atoms with E-state index in [-0.39, 0.29) is 14.9 Å². The molecular weight excluding hydrogens is 378 g/mol. The number of methoxy groups -OCH3 is 1. The molecule has 6 nitrogen and oxygen atoms in total. The van der Waals surface area contributed by atoms with Gasteiger partial charge in [0, 0.05) is 40.0 Å². The highest BCUT2D eigenvalue weighted by atomic mass is 16.5. The lowest BCUT2D eigenvalue weighted by Gasteiger charge is -2.23. The number of rotatable bonds is 8. The Morgan fingerprint density at radius 1 is 1.13 bits per heavy atom. The van der Waals surface area contributed by atoms with E-state index < -0.39 is 0 Å². The Labute approximate surface area is 182 Å². The van der Waals surface area contributed by atoms with Crippen molar-refractivity contribution in [2.45, 2.75) is 26.0 Å². The van der Waals surface area contributed by atoms with E-state index >= 15 is 0 Å². The first-order chi connectivity index (χ1) is 14.4. The Morgan fingerprint density at radius 2 is 1.80 bits per heavy atom. The van der Waals surface area contributed by atoms with Crippen molar-refractivity contribution in [3.05, 3.63) is 54.1 Å². The smallest absolute Gasteiger partial charge is 0.255 e. The molecule has 0 bridgehead atoms. The van der Waals surface area contributed by atoms with Crippen molar-refractivity contribution in [1.29, 1.82) is 0 Å². The number of hydrogen-bond donors (Lipinski definition) is 1. The number of nitrogens with one attached hydrogen (secondary N) is 1. The molecule has 1 heterocycles. The summed E-state index contributed by atoms with van der Waals surface area (Å²) in [5, 5.41) is 2.96. The molecule has 2 atom stereocenters. The predicted octanol–water partition coefficient (Wildman–Crippen LogP) is 4.23. The lowest BCUT2D eigenvalue weighted by atomic mass is 10.2. The minimum absolute atomic E-state index is 0. The number of benzene rings is 2. The minimum atomic E-state index is -0.133. The molecule has 2 aromatic rings. The molecule has 0 radical (unpaired) electrons.